The predicted molar refractivity (Wildman–Crippen MR) is 155 cm³/mol. The van der Waals surface area contributed by atoms with Crippen molar-refractivity contribution in [2.75, 3.05) is 12.4 Å². The Kier molecular flexibility index (Phi) is 8.29. The summed E-state index contributed by atoms with van der Waals surface area (Å²) in [5.74, 6) is -0.228. The lowest BCUT2D eigenvalue weighted by molar-refractivity contribution is -0.126. The zero-order valence-corrected chi connectivity index (χ0v) is 22.9. The highest BCUT2D eigenvalue weighted by atomic mass is 16.6. The van der Waals surface area contributed by atoms with Gasteiger partial charge in [-0.1, -0.05) is 84.4 Å². The van der Waals surface area contributed by atoms with E-state index in [0.29, 0.717) is 29.1 Å². The van der Waals surface area contributed by atoms with Gasteiger partial charge in [0.05, 0.1) is 19.2 Å². The highest BCUT2D eigenvalue weighted by Gasteiger charge is 2.47. The summed E-state index contributed by atoms with van der Waals surface area (Å²) in [7, 11) is 1.51. The molecule has 8 nitrogen and oxygen atoms in total. The molecule has 208 valence electrons. The van der Waals surface area contributed by atoms with E-state index in [4.69, 9.17) is 9.47 Å². The molecule has 0 bridgehead atoms. The highest BCUT2D eigenvalue weighted by molar-refractivity contribution is 6.06. The highest BCUT2D eigenvalue weighted by Crippen LogP contribution is 2.35. The molecular formula is C33H31N3O5. The summed E-state index contributed by atoms with van der Waals surface area (Å²) in [4.78, 5) is 41.3. The summed E-state index contributed by atoms with van der Waals surface area (Å²) in [5, 5.41) is 5.85. The Balaban J connectivity index is 1.41. The summed E-state index contributed by atoms with van der Waals surface area (Å²) in [6, 6.07) is 30.4. The lowest BCUT2D eigenvalue weighted by atomic mass is 9.99. The molecular weight excluding hydrogens is 518 g/mol. The number of hydrogen-bond acceptors (Lipinski definition) is 5. The van der Waals surface area contributed by atoms with E-state index in [0.717, 1.165) is 16.7 Å². The average molecular weight is 550 g/mol. The Morgan fingerprint density at radius 3 is 2.37 bits per heavy atom. The lowest BCUT2D eigenvalue weighted by Crippen LogP contribution is -2.46. The van der Waals surface area contributed by atoms with Crippen LogP contribution in [0.5, 0.6) is 5.75 Å². The molecule has 4 aromatic carbocycles. The van der Waals surface area contributed by atoms with Crippen LogP contribution in [0.1, 0.15) is 38.7 Å². The topological polar surface area (TPSA) is 97.0 Å². The summed E-state index contributed by atoms with van der Waals surface area (Å²) >= 11 is 0. The lowest BCUT2D eigenvalue weighted by Gasteiger charge is -2.24. The van der Waals surface area contributed by atoms with Crippen molar-refractivity contribution in [2.24, 2.45) is 0 Å². The molecule has 1 heterocycles. The third kappa shape index (κ3) is 6.38. The average Bonchev–Trinajstić information content (AvgIpc) is 3.33. The van der Waals surface area contributed by atoms with Gasteiger partial charge in [-0.25, -0.2) is 4.79 Å². The van der Waals surface area contributed by atoms with Crippen molar-refractivity contribution in [3.05, 3.63) is 131 Å². The Morgan fingerprint density at radius 1 is 0.878 bits per heavy atom. The molecule has 1 saturated heterocycles. The molecule has 4 aromatic rings. The Labute approximate surface area is 238 Å². The van der Waals surface area contributed by atoms with Crippen LogP contribution < -0.4 is 15.4 Å². The molecule has 41 heavy (non-hydrogen) atoms. The molecule has 3 amide bonds. The predicted octanol–water partition coefficient (Wildman–Crippen LogP) is 5.63. The molecule has 0 unspecified atom stereocenters. The first-order valence-corrected chi connectivity index (χ1v) is 13.3. The Morgan fingerprint density at radius 2 is 1.61 bits per heavy atom. The molecule has 1 aliphatic rings. The summed E-state index contributed by atoms with van der Waals surface area (Å²) in [6.45, 7) is 2.51. The largest absolute Gasteiger partial charge is 0.496 e. The van der Waals surface area contributed by atoms with E-state index >= 15 is 0 Å². The second-order valence-electron chi connectivity index (χ2n) is 9.85. The van der Waals surface area contributed by atoms with Gasteiger partial charge in [0, 0.05) is 12.2 Å². The minimum absolute atomic E-state index is 0.212. The van der Waals surface area contributed by atoms with Gasteiger partial charge in [-0.05, 0) is 47.9 Å². The van der Waals surface area contributed by atoms with Crippen LogP contribution in [0.15, 0.2) is 103 Å². The van der Waals surface area contributed by atoms with E-state index in [1.54, 1.807) is 48.5 Å². The molecule has 0 aliphatic carbocycles. The molecule has 1 aliphatic heterocycles. The molecule has 0 spiro atoms. The van der Waals surface area contributed by atoms with Crippen molar-refractivity contribution in [1.29, 1.82) is 0 Å². The van der Waals surface area contributed by atoms with E-state index < -0.39 is 18.2 Å². The fourth-order valence-corrected chi connectivity index (χ4v) is 4.81. The van der Waals surface area contributed by atoms with Crippen LogP contribution in [0.4, 0.5) is 10.5 Å². The van der Waals surface area contributed by atoms with Crippen LogP contribution in [0, 0.1) is 6.92 Å². The van der Waals surface area contributed by atoms with Crippen molar-refractivity contribution >= 4 is 23.6 Å². The maximum absolute atomic E-state index is 13.7. The van der Waals surface area contributed by atoms with E-state index in [2.05, 4.69) is 10.6 Å². The SMILES string of the molecule is COc1ccccc1C(=O)Nc1cccc([C@H]2OC(=O)N(Cc3ccc(C)cc3)[C@@H]2C(=O)NCc2ccccc2)c1. The fraction of sp³-hybridized carbons (Fsp3) is 0.182. The van der Waals surface area contributed by atoms with Gasteiger partial charge in [0.15, 0.2) is 12.1 Å². The van der Waals surface area contributed by atoms with Crippen LogP contribution in [0.2, 0.25) is 0 Å². The molecule has 0 saturated carbocycles. The number of rotatable bonds is 9. The second kappa shape index (κ2) is 12.4. The maximum Gasteiger partial charge on any atom is 0.411 e. The van der Waals surface area contributed by atoms with Gasteiger partial charge in [0.25, 0.3) is 5.91 Å². The Hall–Kier alpha value is -5.11. The molecule has 0 aromatic heterocycles. The van der Waals surface area contributed by atoms with Crippen LogP contribution in [-0.4, -0.2) is 36.0 Å². The van der Waals surface area contributed by atoms with Gasteiger partial charge >= 0.3 is 6.09 Å². The molecule has 5 rings (SSSR count). The quantitative estimate of drug-likeness (QED) is 0.282. The minimum Gasteiger partial charge on any atom is -0.496 e. The van der Waals surface area contributed by atoms with E-state index in [1.165, 1.54) is 12.0 Å². The number of carbonyl (C=O) groups excluding carboxylic acids is 3. The number of nitrogens with one attached hydrogen (secondary N) is 2. The number of benzene rings is 4. The number of cyclic esters (lactones) is 1. The zero-order valence-electron chi connectivity index (χ0n) is 22.9. The van der Waals surface area contributed by atoms with Gasteiger partial charge in [-0.15, -0.1) is 0 Å². The third-order valence-corrected chi connectivity index (χ3v) is 6.96. The first-order chi connectivity index (χ1) is 19.9. The van der Waals surface area contributed by atoms with Gasteiger partial charge in [0.2, 0.25) is 5.91 Å². The van der Waals surface area contributed by atoms with E-state index in [9.17, 15) is 14.4 Å². The number of methoxy groups -OCH3 is 1. The third-order valence-electron chi connectivity index (χ3n) is 6.96. The van der Waals surface area contributed by atoms with Gasteiger partial charge < -0.3 is 20.1 Å². The number of carbonyl (C=O) groups is 3. The normalized spacial score (nSPS) is 16.1. The van der Waals surface area contributed by atoms with Crippen molar-refractivity contribution in [3.8, 4) is 5.75 Å². The van der Waals surface area contributed by atoms with Gasteiger partial charge in [-0.2, -0.15) is 0 Å². The van der Waals surface area contributed by atoms with Crippen molar-refractivity contribution in [3.63, 3.8) is 0 Å². The van der Waals surface area contributed by atoms with E-state index in [-0.39, 0.29) is 18.4 Å². The van der Waals surface area contributed by atoms with Crippen molar-refractivity contribution in [1.82, 2.24) is 10.2 Å². The van der Waals surface area contributed by atoms with Crippen LogP contribution >= 0.6 is 0 Å². The number of nitrogens with zero attached hydrogens (tertiary/aromatic N) is 1. The van der Waals surface area contributed by atoms with Crippen LogP contribution in [-0.2, 0) is 22.6 Å². The van der Waals surface area contributed by atoms with E-state index in [1.807, 2.05) is 61.5 Å². The minimum atomic E-state index is -0.923. The smallest absolute Gasteiger partial charge is 0.411 e. The van der Waals surface area contributed by atoms with Crippen LogP contribution in [0.3, 0.4) is 0 Å². The second-order valence-corrected chi connectivity index (χ2v) is 9.85. The van der Waals surface area contributed by atoms with Gasteiger partial charge in [-0.3, -0.25) is 14.5 Å². The number of ether oxygens (including phenoxy) is 2. The molecule has 0 radical (unpaired) electrons. The fourth-order valence-electron chi connectivity index (χ4n) is 4.81. The first kappa shape index (κ1) is 27.5. The molecule has 2 atom stereocenters. The molecule has 1 fully saturated rings. The monoisotopic (exact) mass is 549 g/mol. The van der Waals surface area contributed by atoms with Crippen molar-refractivity contribution < 1.29 is 23.9 Å². The molecule has 8 heteroatoms. The first-order valence-electron chi connectivity index (χ1n) is 13.3. The summed E-state index contributed by atoms with van der Waals surface area (Å²) < 4.78 is 11.1. The van der Waals surface area contributed by atoms with Gasteiger partial charge in [0.1, 0.15) is 5.75 Å². The number of amides is 3. The maximum atomic E-state index is 13.7. The van der Waals surface area contributed by atoms with Crippen LogP contribution in [0.25, 0.3) is 0 Å². The number of hydrogen-bond donors (Lipinski definition) is 2. The molecule has 2 N–H and O–H groups in total. The standard InChI is InChI=1S/C33H31N3O5/c1-22-15-17-24(18-16-22)21-36-29(32(38)34-20-23-9-4-3-5-10-23)30(41-33(36)39)25-11-8-12-26(19-25)35-31(37)27-13-6-7-14-28(27)40-2/h3-19,29-30H,20-21H2,1-2H3,(H,34,38)(H,35,37)/t29-,30+/m0/s1. The summed E-state index contributed by atoms with van der Waals surface area (Å²) in [6.07, 6.45) is -1.47. The zero-order chi connectivity index (χ0) is 28.8. The number of para-hydroxylation sites is 1. The number of aryl methyl sites for hydroxylation is 1. The Bertz CT molecular complexity index is 1540. The number of anilines is 1. The van der Waals surface area contributed by atoms with Crippen molar-refractivity contribution in [2.45, 2.75) is 32.2 Å². The summed E-state index contributed by atoms with van der Waals surface area (Å²) in [5.41, 5.74) is 4.38.